The molecule has 1 rings (SSSR count). The Bertz CT molecular complexity index is 474. The molecule has 5 nitrogen and oxygen atoms in total. The van der Waals surface area contributed by atoms with Crippen molar-refractivity contribution < 1.29 is 8.42 Å². The highest BCUT2D eigenvalue weighted by molar-refractivity contribution is 7.89. The molecule has 110 valence electrons. The number of aryl methyl sites for hydroxylation is 2. The summed E-state index contributed by atoms with van der Waals surface area (Å²) < 4.78 is 28.5. The van der Waals surface area contributed by atoms with Gasteiger partial charge < -0.3 is 4.57 Å². The van der Waals surface area contributed by atoms with Gasteiger partial charge in [-0.25, -0.2) is 18.1 Å². The first-order valence-corrected chi connectivity index (χ1v) is 8.48. The largest absolute Gasteiger partial charge is 0.337 e. The third-order valence-corrected chi connectivity index (χ3v) is 4.65. The minimum absolute atomic E-state index is 0.0774. The number of imidazole rings is 1. The Morgan fingerprint density at radius 1 is 1.47 bits per heavy atom. The van der Waals surface area contributed by atoms with E-state index < -0.39 is 10.0 Å². The lowest BCUT2D eigenvalue weighted by Gasteiger charge is -2.14. The highest BCUT2D eigenvalue weighted by Crippen LogP contribution is 2.13. The highest BCUT2D eigenvalue weighted by atomic mass is 35.5. The van der Waals surface area contributed by atoms with E-state index in [1.807, 2.05) is 0 Å². The van der Waals surface area contributed by atoms with Gasteiger partial charge in [0.2, 0.25) is 0 Å². The molecule has 1 atom stereocenters. The van der Waals surface area contributed by atoms with Crippen molar-refractivity contribution in [2.45, 2.75) is 38.1 Å². The van der Waals surface area contributed by atoms with E-state index in [9.17, 15) is 8.42 Å². The van der Waals surface area contributed by atoms with Crippen molar-refractivity contribution in [3.63, 3.8) is 0 Å². The first-order chi connectivity index (χ1) is 8.90. The number of hydrogen-bond donors (Lipinski definition) is 1. The number of alkyl halides is 1. The van der Waals surface area contributed by atoms with E-state index in [0.29, 0.717) is 18.2 Å². The van der Waals surface area contributed by atoms with Crippen LogP contribution in [-0.4, -0.2) is 30.4 Å². The van der Waals surface area contributed by atoms with E-state index in [1.54, 1.807) is 18.5 Å². The van der Waals surface area contributed by atoms with Crippen molar-refractivity contribution in [1.29, 1.82) is 0 Å². The summed E-state index contributed by atoms with van der Waals surface area (Å²) in [7, 11) is -1.75. The number of nitrogens with zero attached hydrogens (tertiary/aromatic N) is 2. The van der Waals surface area contributed by atoms with Crippen LogP contribution in [-0.2, 0) is 17.1 Å². The number of halogens is 1. The summed E-state index contributed by atoms with van der Waals surface area (Å²) in [6.45, 7) is 4.27. The van der Waals surface area contributed by atoms with Crippen molar-refractivity contribution in [3.05, 3.63) is 12.0 Å². The summed E-state index contributed by atoms with van der Waals surface area (Å²) in [6.07, 6.45) is 4.33. The van der Waals surface area contributed by atoms with Crippen molar-refractivity contribution in [2.24, 2.45) is 13.0 Å². The number of sulfonamides is 1. The molecule has 0 saturated carbocycles. The van der Waals surface area contributed by atoms with E-state index in [0.717, 1.165) is 19.3 Å². The molecule has 1 aromatic heterocycles. The van der Waals surface area contributed by atoms with Crippen LogP contribution in [0.2, 0.25) is 0 Å². The zero-order chi connectivity index (χ0) is 14.5. The molecule has 0 saturated heterocycles. The van der Waals surface area contributed by atoms with Gasteiger partial charge in [-0.2, -0.15) is 0 Å². The molecule has 7 heteroatoms. The van der Waals surface area contributed by atoms with Gasteiger partial charge in [0.05, 0.1) is 0 Å². The van der Waals surface area contributed by atoms with E-state index in [-0.39, 0.29) is 10.9 Å². The molecule has 1 unspecified atom stereocenters. The van der Waals surface area contributed by atoms with Crippen LogP contribution in [0.3, 0.4) is 0 Å². The Hall–Kier alpha value is -0.590. The van der Waals surface area contributed by atoms with E-state index in [2.05, 4.69) is 16.6 Å². The predicted octanol–water partition coefficient (Wildman–Crippen LogP) is 2.05. The third kappa shape index (κ3) is 4.78. The van der Waals surface area contributed by atoms with E-state index in [1.165, 1.54) is 6.20 Å². The number of nitrogens with one attached hydrogen (secondary N) is 1. The van der Waals surface area contributed by atoms with Gasteiger partial charge in [0.1, 0.15) is 5.82 Å². The topological polar surface area (TPSA) is 64.0 Å². The Balaban J connectivity index is 2.68. The maximum Gasteiger partial charge on any atom is 0.259 e. The predicted molar refractivity (Wildman–Crippen MR) is 76.9 cm³/mol. The first kappa shape index (κ1) is 16.5. The molecule has 0 aliphatic rings. The second-order valence-electron chi connectivity index (χ2n) is 4.72. The highest BCUT2D eigenvalue weighted by Gasteiger charge is 2.19. The summed E-state index contributed by atoms with van der Waals surface area (Å²) in [6, 6.07) is 0. The van der Waals surface area contributed by atoms with Crippen LogP contribution in [0.1, 0.15) is 32.0 Å². The van der Waals surface area contributed by atoms with Crippen molar-refractivity contribution in [2.75, 3.05) is 12.4 Å². The number of rotatable bonds is 8. The summed E-state index contributed by atoms with van der Waals surface area (Å²) in [5.74, 6) is 1.50. The normalized spacial score (nSPS) is 13.7. The van der Waals surface area contributed by atoms with Gasteiger partial charge in [0.15, 0.2) is 5.03 Å². The Morgan fingerprint density at radius 3 is 2.63 bits per heavy atom. The molecular weight excluding hydrogens is 286 g/mol. The quantitative estimate of drug-likeness (QED) is 0.748. The lowest BCUT2D eigenvalue weighted by Crippen LogP contribution is -2.30. The average molecular weight is 308 g/mol. The lowest BCUT2D eigenvalue weighted by atomic mass is 10.0. The zero-order valence-corrected chi connectivity index (χ0v) is 13.3. The molecule has 0 bridgehead atoms. The standard InChI is InChI=1S/C12H22ClN3O2S/c1-4-5-11(6-7-13)8-14-19(17,18)12-9-16(3)10(2)15-12/h9,11,14H,4-8H2,1-3H3. The SMILES string of the molecule is CCCC(CCCl)CNS(=O)(=O)c1cn(C)c(C)n1. The molecule has 0 amide bonds. The van der Waals surface area contributed by atoms with Crippen LogP contribution in [0.4, 0.5) is 0 Å². The second kappa shape index (κ2) is 7.26. The number of hydrogen-bond acceptors (Lipinski definition) is 3. The van der Waals surface area contributed by atoms with Crippen molar-refractivity contribution in [3.8, 4) is 0 Å². The molecule has 1 N–H and O–H groups in total. The fourth-order valence-electron chi connectivity index (χ4n) is 1.87. The average Bonchev–Trinajstić information content (AvgIpc) is 2.68. The molecule has 0 fully saturated rings. The Morgan fingerprint density at radius 2 is 2.16 bits per heavy atom. The van der Waals surface area contributed by atoms with Crippen LogP contribution in [0.5, 0.6) is 0 Å². The Kier molecular flexibility index (Phi) is 6.29. The second-order valence-corrected chi connectivity index (χ2v) is 6.81. The molecule has 0 radical (unpaired) electrons. The zero-order valence-electron chi connectivity index (χ0n) is 11.7. The maximum atomic E-state index is 12.1. The fourth-order valence-corrected chi connectivity index (χ4v) is 3.33. The molecule has 19 heavy (non-hydrogen) atoms. The summed E-state index contributed by atoms with van der Waals surface area (Å²) in [5, 5.41) is 0.0774. The minimum Gasteiger partial charge on any atom is -0.337 e. The van der Waals surface area contributed by atoms with Crippen molar-refractivity contribution in [1.82, 2.24) is 14.3 Å². The smallest absolute Gasteiger partial charge is 0.259 e. The van der Waals surface area contributed by atoms with Gasteiger partial charge in [-0.3, -0.25) is 0 Å². The maximum absolute atomic E-state index is 12.1. The van der Waals surface area contributed by atoms with Gasteiger partial charge in [-0.05, 0) is 25.7 Å². The molecular formula is C12H22ClN3O2S. The summed E-state index contributed by atoms with van der Waals surface area (Å²) in [5.41, 5.74) is 0. The molecule has 1 aromatic rings. The lowest BCUT2D eigenvalue weighted by molar-refractivity contribution is 0.456. The minimum atomic E-state index is -3.52. The van der Waals surface area contributed by atoms with Gasteiger partial charge >= 0.3 is 0 Å². The van der Waals surface area contributed by atoms with Crippen molar-refractivity contribution >= 4 is 21.6 Å². The van der Waals surface area contributed by atoms with E-state index in [4.69, 9.17) is 11.6 Å². The molecule has 0 aliphatic carbocycles. The monoisotopic (exact) mass is 307 g/mol. The number of aromatic nitrogens is 2. The van der Waals surface area contributed by atoms with Crippen LogP contribution in [0.15, 0.2) is 11.2 Å². The molecule has 0 aliphatic heterocycles. The molecule has 1 heterocycles. The fraction of sp³-hybridized carbons (Fsp3) is 0.750. The third-order valence-electron chi connectivity index (χ3n) is 3.14. The summed E-state index contributed by atoms with van der Waals surface area (Å²) >= 11 is 5.73. The Labute approximate surface area is 120 Å². The van der Waals surface area contributed by atoms with Crippen LogP contribution in [0, 0.1) is 12.8 Å². The first-order valence-electron chi connectivity index (χ1n) is 6.46. The molecule has 0 spiro atoms. The van der Waals surface area contributed by atoms with Gasteiger partial charge in [-0.1, -0.05) is 13.3 Å². The van der Waals surface area contributed by atoms with E-state index >= 15 is 0 Å². The summed E-state index contributed by atoms with van der Waals surface area (Å²) in [4.78, 5) is 4.04. The molecule has 0 aromatic carbocycles. The van der Waals surface area contributed by atoms with Crippen LogP contribution < -0.4 is 4.72 Å². The van der Waals surface area contributed by atoms with Crippen LogP contribution >= 0.6 is 11.6 Å². The van der Waals surface area contributed by atoms with Gasteiger partial charge in [0.25, 0.3) is 10.0 Å². The van der Waals surface area contributed by atoms with Gasteiger partial charge in [0, 0.05) is 25.7 Å². The van der Waals surface area contributed by atoms with Gasteiger partial charge in [-0.15, -0.1) is 11.6 Å². The van der Waals surface area contributed by atoms with Crippen LogP contribution in [0.25, 0.3) is 0 Å².